The Morgan fingerprint density at radius 2 is 2.38 bits per heavy atom. The number of hydrogen-bond donors (Lipinski definition) is 0. The first-order valence-corrected chi connectivity index (χ1v) is 5.93. The van der Waals surface area contributed by atoms with Crippen LogP contribution >= 0.6 is 11.3 Å². The second kappa shape index (κ2) is 3.81. The van der Waals surface area contributed by atoms with Gasteiger partial charge in [-0.15, -0.1) is 0 Å². The van der Waals surface area contributed by atoms with E-state index in [1.54, 1.807) is 11.3 Å². The van der Waals surface area contributed by atoms with Crippen molar-refractivity contribution < 1.29 is 4.74 Å². The van der Waals surface area contributed by atoms with E-state index in [4.69, 9.17) is 4.74 Å². The summed E-state index contributed by atoms with van der Waals surface area (Å²) in [7, 11) is 0. The minimum Gasteiger partial charge on any atom is -0.370 e. The van der Waals surface area contributed by atoms with Crippen molar-refractivity contribution >= 4 is 11.3 Å². The topological polar surface area (TPSA) is 12.5 Å². The molecule has 3 atom stereocenters. The van der Waals surface area contributed by atoms with Crippen molar-refractivity contribution in [2.24, 2.45) is 0 Å². The van der Waals surface area contributed by atoms with Crippen molar-refractivity contribution in [3.63, 3.8) is 0 Å². The quantitative estimate of drug-likeness (QED) is 0.672. The molecule has 1 aliphatic heterocycles. The number of rotatable bonds is 4. The second-order valence-electron chi connectivity index (χ2n) is 3.78. The van der Waals surface area contributed by atoms with Crippen LogP contribution in [0.15, 0.2) is 16.8 Å². The minimum atomic E-state index is 0.507. The lowest BCUT2D eigenvalue weighted by Gasteiger charge is -2.10. The van der Waals surface area contributed by atoms with Crippen molar-refractivity contribution in [3.05, 3.63) is 22.4 Å². The zero-order valence-electron chi connectivity index (χ0n) is 8.19. The average molecular weight is 196 g/mol. The van der Waals surface area contributed by atoms with Gasteiger partial charge in [0.1, 0.15) is 0 Å². The Hall–Kier alpha value is -0.340. The molecule has 1 saturated heterocycles. The largest absolute Gasteiger partial charge is 0.370 e. The van der Waals surface area contributed by atoms with E-state index in [1.807, 2.05) is 0 Å². The lowest BCUT2D eigenvalue weighted by Crippen LogP contribution is -2.01. The summed E-state index contributed by atoms with van der Waals surface area (Å²) >= 11 is 1.79. The van der Waals surface area contributed by atoms with Gasteiger partial charge in [0.05, 0.1) is 12.2 Å². The lowest BCUT2D eigenvalue weighted by molar-refractivity contribution is 0.357. The highest BCUT2D eigenvalue weighted by molar-refractivity contribution is 7.07. The smallest absolute Gasteiger partial charge is 0.0844 e. The molecule has 2 heterocycles. The molecule has 0 bridgehead atoms. The van der Waals surface area contributed by atoms with Crippen LogP contribution in [0.4, 0.5) is 0 Å². The number of hydrogen-bond acceptors (Lipinski definition) is 2. The molecule has 1 aromatic rings. The number of thiophene rings is 1. The maximum atomic E-state index is 5.45. The highest BCUT2D eigenvalue weighted by Gasteiger charge is 2.35. The van der Waals surface area contributed by atoms with Crippen LogP contribution in [-0.2, 0) is 4.74 Å². The van der Waals surface area contributed by atoms with Crippen molar-refractivity contribution in [3.8, 4) is 0 Å². The summed E-state index contributed by atoms with van der Waals surface area (Å²) in [5.74, 6) is 0.709. The standard InChI is InChI=1S/C11H16OS/c1-3-9(6-11-8(2)12-11)10-4-5-13-7-10/h4-5,7-9,11H,3,6H2,1-2H3. The van der Waals surface area contributed by atoms with Crippen LogP contribution < -0.4 is 0 Å². The van der Waals surface area contributed by atoms with Crippen LogP contribution in [0.25, 0.3) is 0 Å². The van der Waals surface area contributed by atoms with E-state index in [0.717, 1.165) is 0 Å². The Morgan fingerprint density at radius 1 is 1.62 bits per heavy atom. The van der Waals surface area contributed by atoms with Gasteiger partial charge in [-0.2, -0.15) is 11.3 Å². The molecule has 0 aliphatic carbocycles. The molecule has 0 spiro atoms. The average Bonchev–Trinajstić information content (AvgIpc) is 2.68. The van der Waals surface area contributed by atoms with E-state index < -0.39 is 0 Å². The Balaban J connectivity index is 1.94. The maximum Gasteiger partial charge on any atom is 0.0844 e. The van der Waals surface area contributed by atoms with Crippen molar-refractivity contribution in [1.82, 2.24) is 0 Å². The molecule has 1 fully saturated rings. The summed E-state index contributed by atoms with van der Waals surface area (Å²) in [6, 6.07) is 2.24. The second-order valence-corrected chi connectivity index (χ2v) is 4.56. The van der Waals surface area contributed by atoms with E-state index in [-0.39, 0.29) is 0 Å². The molecule has 72 valence electrons. The molecular formula is C11H16OS. The van der Waals surface area contributed by atoms with Gasteiger partial charge in [0.15, 0.2) is 0 Å². The minimum absolute atomic E-state index is 0.507. The van der Waals surface area contributed by atoms with Gasteiger partial charge >= 0.3 is 0 Å². The predicted octanol–water partition coefficient (Wildman–Crippen LogP) is 3.42. The third-order valence-corrected chi connectivity index (χ3v) is 3.56. The van der Waals surface area contributed by atoms with Crippen LogP contribution in [0.2, 0.25) is 0 Å². The summed E-state index contributed by atoms with van der Waals surface area (Å²) in [6.07, 6.45) is 3.47. The lowest BCUT2D eigenvalue weighted by atomic mass is 9.93. The van der Waals surface area contributed by atoms with E-state index in [0.29, 0.717) is 18.1 Å². The van der Waals surface area contributed by atoms with Gasteiger partial charge < -0.3 is 4.74 Å². The first-order valence-electron chi connectivity index (χ1n) is 4.98. The molecule has 1 aliphatic rings. The molecule has 0 saturated carbocycles. The number of epoxide rings is 1. The van der Waals surface area contributed by atoms with Gasteiger partial charge in [-0.1, -0.05) is 6.92 Å². The van der Waals surface area contributed by atoms with Crippen LogP contribution in [-0.4, -0.2) is 12.2 Å². The van der Waals surface area contributed by atoms with E-state index in [9.17, 15) is 0 Å². The van der Waals surface area contributed by atoms with E-state index >= 15 is 0 Å². The Morgan fingerprint density at radius 3 is 2.85 bits per heavy atom. The SMILES string of the molecule is CCC(CC1OC1C)c1ccsc1. The van der Waals surface area contributed by atoms with Crippen LogP contribution in [0.1, 0.15) is 38.2 Å². The van der Waals surface area contributed by atoms with Gasteiger partial charge in [0, 0.05) is 0 Å². The summed E-state index contributed by atoms with van der Waals surface area (Å²) in [4.78, 5) is 0. The van der Waals surface area contributed by atoms with Gasteiger partial charge in [-0.3, -0.25) is 0 Å². The highest BCUT2D eigenvalue weighted by atomic mass is 32.1. The summed E-state index contributed by atoms with van der Waals surface area (Å²) in [5, 5.41) is 4.43. The van der Waals surface area contributed by atoms with Gasteiger partial charge in [0.25, 0.3) is 0 Å². The zero-order valence-corrected chi connectivity index (χ0v) is 9.01. The van der Waals surface area contributed by atoms with Crippen molar-refractivity contribution in [2.75, 3.05) is 0 Å². The van der Waals surface area contributed by atoms with Crippen LogP contribution in [0.3, 0.4) is 0 Å². The Kier molecular flexibility index (Phi) is 2.70. The monoisotopic (exact) mass is 196 g/mol. The van der Waals surface area contributed by atoms with E-state index in [2.05, 4.69) is 30.7 Å². The van der Waals surface area contributed by atoms with Crippen molar-refractivity contribution in [1.29, 1.82) is 0 Å². The Bertz CT molecular complexity index is 255. The third-order valence-electron chi connectivity index (χ3n) is 2.86. The normalized spacial score (nSPS) is 28.8. The molecule has 0 amide bonds. The van der Waals surface area contributed by atoms with Gasteiger partial charge in [-0.25, -0.2) is 0 Å². The van der Waals surface area contributed by atoms with E-state index in [1.165, 1.54) is 18.4 Å². The van der Waals surface area contributed by atoms with Crippen molar-refractivity contribution in [2.45, 2.75) is 44.8 Å². The summed E-state index contributed by atoms with van der Waals surface area (Å²) < 4.78 is 5.45. The zero-order chi connectivity index (χ0) is 9.26. The Labute approximate surface area is 83.7 Å². The first-order chi connectivity index (χ1) is 6.31. The fraction of sp³-hybridized carbons (Fsp3) is 0.636. The maximum absolute atomic E-state index is 5.45. The number of ether oxygens (including phenoxy) is 1. The highest BCUT2D eigenvalue weighted by Crippen LogP contribution is 2.34. The summed E-state index contributed by atoms with van der Waals surface area (Å²) in [5.41, 5.74) is 1.50. The van der Waals surface area contributed by atoms with Gasteiger partial charge in [0.2, 0.25) is 0 Å². The molecule has 0 aromatic carbocycles. The van der Waals surface area contributed by atoms with Crippen LogP contribution in [0, 0.1) is 0 Å². The molecule has 0 N–H and O–H groups in total. The van der Waals surface area contributed by atoms with Gasteiger partial charge in [-0.05, 0) is 48.1 Å². The molecule has 1 nitrogen and oxygen atoms in total. The molecule has 0 radical (unpaired) electrons. The third kappa shape index (κ3) is 2.12. The molecular weight excluding hydrogens is 180 g/mol. The molecule has 3 unspecified atom stereocenters. The summed E-state index contributed by atoms with van der Waals surface area (Å²) in [6.45, 7) is 4.42. The molecule has 1 aromatic heterocycles. The fourth-order valence-electron chi connectivity index (χ4n) is 1.80. The predicted molar refractivity (Wildman–Crippen MR) is 56.3 cm³/mol. The first kappa shape index (κ1) is 9.22. The van der Waals surface area contributed by atoms with Crippen LogP contribution in [0.5, 0.6) is 0 Å². The molecule has 13 heavy (non-hydrogen) atoms. The molecule has 2 rings (SSSR count). The fourth-order valence-corrected chi connectivity index (χ4v) is 2.55. The molecule has 2 heteroatoms.